The molecular weight excluding hydrogens is 332 g/mol. The van der Waals surface area contributed by atoms with E-state index in [1.807, 2.05) is 0 Å². The molecule has 0 unspecified atom stereocenters. The molecule has 0 saturated carbocycles. The fourth-order valence-electron chi connectivity index (χ4n) is 1.62. The molecule has 2 aromatic rings. The Morgan fingerprint density at radius 2 is 2.05 bits per heavy atom. The van der Waals surface area contributed by atoms with Crippen LogP contribution < -0.4 is 10.5 Å². The number of H-pyrrole nitrogens is 1. The number of hydrogen-bond acceptors (Lipinski definition) is 4. The number of halogens is 1. The zero-order valence-electron chi connectivity index (χ0n) is 10.4. The average molecular weight is 345 g/mol. The predicted molar refractivity (Wildman–Crippen MR) is 77.4 cm³/mol. The summed E-state index contributed by atoms with van der Waals surface area (Å²) in [5, 5.41) is 6.67. The van der Waals surface area contributed by atoms with E-state index in [0.717, 1.165) is 0 Å². The summed E-state index contributed by atoms with van der Waals surface area (Å²) >= 11 is 3.21. The monoisotopic (exact) mass is 344 g/mol. The number of nitrogens with two attached hydrogens (primary N) is 1. The van der Waals surface area contributed by atoms with Gasteiger partial charge in [0.25, 0.3) is 10.0 Å². The molecule has 0 atom stereocenters. The molecule has 102 valence electrons. The van der Waals surface area contributed by atoms with Crippen LogP contribution in [0.5, 0.6) is 0 Å². The van der Waals surface area contributed by atoms with Gasteiger partial charge in [-0.2, -0.15) is 5.10 Å². The fraction of sp³-hybridized carbons (Fsp3) is 0.182. The van der Waals surface area contributed by atoms with Gasteiger partial charge in [0.2, 0.25) is 0 Å². The standard InChI is InChI=1S/C11H13BrN4O2S/c1-6-11(7(2)15-14-6)16-19(17,18)10-5-8(13)3-4-9(10)12/h3-5,16H,13H2,1-2H3,(H,14,15). The Bertz CT molecular complexity index is 705. The maximum atomic E-state index is 12.3. The van der Waals surface area contributed by atoms with E-state index >= 15 is 0 Å². The van der Waals surface area contributed by atoms with Gasteiger partial charge in [-0.15, -0.1) is 0 Å². The van der Waals surface area contributed by atoms with E-state index < -0.39 is 10.0 Å². The van der Waals surface area contributed by atoms with Crippen molar-refractivity contribution < 1.29 is 8.42 Å². The van der Waals surface area contributed by atoms with Crippen LogP contribution in [0.25, 0.3) is 0 Å². The van der Waals surface area contributed by atoms with E-state index in [1.54, 1.807) is 26.0 Å². The molecule has 0 radical (unpaired) electrons. The molecular formula is C11H13BrN4O2S. The Hall–Kier alpha value is -1.54. The number of anilines is 2. The second kappa shape index (κ2) is 4.86. The number of benzene rings is 1. The van der Waals surface area contributed by atoms with Gasteiger partial charge in [0, 0.05) is 10.2 Å². The van der Waals surface area contributed by atoms with Crippen LogP contribution >= 0.6 is 15.9 Å². The maximum Gasteiger partial charge on any atom is 0.263 e. The number of nitrogen functional groups attached to an aromatic ring is 1. The minimum atomic E-state index is -3.72. The summed E-state index contributed by atoms with van der Waals surface area (Å²) < 4.78 is 27.6. The Morgan fingerprint density at radius 1 is 1.37 bits per heavy atom. The molecule has 8 heteroatoms. The van der Waals surface area contributed by atoms with E-state index in [1.165, 1.54) is 6.07 Å². The highest BCUT2D eigenvalue weighted by Crippen LogP contribution is 2.27. The zero-order valence-corrected chi connectivity index (χ0v) is 12.8. The van der Waals surface area contributed by atoms with Crippen molar-refractivity contribution in [1.82, 2.24) is 10.2 Å². The normalized spacial score (nSPS) is 11.5. The Labute approximate surface area is 119 Å². The molecule has 6 nitrogen and oxygen atoms in total. The summed E-state index contributed by atoms with van der Waals surface area (Å²) in [6.07, 6.45) is 0. The van der Waals surface area contributed by atoms with Crippen LogP contribution in [0.1, 0.15) is 11.4 Å². The van der Waals surface area contributed by atoms with Crippen molar-refractivity contribution in [3.63, 3.8) is 0 Å². The minimum absolute atomic E-state index is 0.0903. The molecule has 0 bridgehead atoms. The summed E-state index contributed by atoms with van der Waals surface area (Å²) in [5.74, 6) is 0. The third-order valence-corrected chi connectivity index (χ3v) is 4.95. The van der Waals surface area contributed by atoms with Crippen LogP contribution in [0.15, 0.2) is 27.6 Å². The Morgan fingerprint density at radius 3 is 2.63 bits per heavy atom. The van der Waals surface area contributed by atoms with Crippen LogP contribution in [0.4, 0.5) is 11.4 Å². The molecule has 0 saturated heterocycles. The summed E-state index contributed by atoms with van der Waals surface area (Å²) in [6, 6.07) is 4.62. The minimum Gasteiger partial charge on any atom is -0.399 e. The number of aromatic nitrogens is 2. The first-order valence-corrected chi connectivity index (χ1v) is 7.68. The van der Waals surface area contributed by atoms with Gasteiger partial charge in [0.15, 0.2) is 0 Å². The van der Waals surface area contributed by atoms with Crippen LogP contribution in [-0.4, -0.2) is 18.6 Å². The van der Waals surface area contributed by atoms with Crippen molar-refractivity contribution in [3.05, 3.63) is 34.1 Å². The molecule has 0 aliphatic rings. The Balaban J connectivity index is 2.47. The first kappa shape index (κ1) is 13.9. The SMILES string of the molecule is Cc1n[nH]c(C)c1NS(=O)(=O)c1cc(N)ccc1Br. The van der Waals surface area contributed by atoms with Gasteiger partial charge in [-0.05, 0) is 48.0 Å². The lowest BCUT2D eigenvalue weighted by Crippen LogP contribution is -2.14. The van der Waals surface area contributed by atoms with Crippen LogP contribution in [0, 0.1) is 13.8 Å². The first-order valence-electron chi connectivity index (χ1n) is 5.40. The third-order valence-electron chi connectivity index (χ3n) is 2.61. The highest BCUT2D eigenvalue weighted by Gasteiger charge is 2.20. The van der Waals surface area contributed by atoms with Crippen molar-refractivity contribution >= 4 is 37.3 Å². The van der Waals surface area contributed by atoms with Gasteiger partial charge in [-0.25, -0.2) is 8.42 Å². The van der Waals surface area contributed by atoms with Crippen molar-refractivity contribution in [2.75, 3.05) is 10.5 Å². The van der Waals surface area contributed by atoms with Gasteiger partial charge in [-0.3, -0.25) is 9.82 Å². The van der Waals surface area contributed by atoms with E-state index in [2.05, 4.69) is 30.8 Å². The predicted octanol–water partition coefficient (Wildman–Crippen LogP) is 2.17. The van der Waals surface area contributed by atoms with E-state index in [-0.39, 0.29) is 4.90 Å². The van der Waals surface area contributed by atoms with Crippen molar-refractivity contribution in [2.24, 2.45) is 0 Å². The number of nitrogens with zero attached hydrogens (tertiary/aromatic N) is 1. The zero-order chi connectivity index (χ0) is 14.2. The first-order chi connectivity index (χ1) is 8.81. The molecule has 0 spiro atoms. The molecule has 1 aromatic carbocycles. The van der Waals surface area contributed by atoms with Crippen molar-refractivity contribution in [2.45, 2.75) is 18.7 Å². The fourth-order valence-corrected chi connectivity index (χ4v) is 3.80. The van der Waals surface area contributed by atoms with Gasteiger partial charge in [-0.1, -0.05) is 0 Å². The van der Waals surface area contributed by atoms with Crippen LogP contribution in [-0.2, 0) is 10.0 Å². The number of hydrogen-bond donors (Lipinski definition) is 3. The average Bonchev–Trinajstić information content (AvgIpc) is 2.63. The van der Waals surface area contributed by atoms with Crippen LogP contribution in [0.2, 0.25) is 0 Å². The topological polar surface area (TPSA) is 101 Å². The summed E-state index contributed by atoms with van der Waals surface area (Å²) in [6.45, 7) is 3.46. The van der Waals surface area contributed by atoms with E-state index in [4.69, 9.17) is 5.73 Å². The van der Waals surface area contributed by atoms with Gasteiger partial charge in [0.05, 0.1) is 17.1 Å². The number of aryl methyl sites for hydroxylation is 2. The van der Waals surface area contributed by atoms with E-state index in [9.17, 15) is 8.42 Å². The molecule has 0 aliphatic carbocycles. The lowest BCUT2D eigenvalue weighted by Gasteiger charge is -2.10. The highest BCUT2D eigenvalue weighted by atomic mass is 79.9. The molecule has 0 aliphatic heterocycles. The molecule has 1 aromatic heterocycles. The van der Waals surface area contributed by atoms with Crippen LogP contribution in [0.3, 0.4) is 0 Å². The second-order valence-corrected chi connectivity index (χ2v) is 6.61. The smallest absolute Gasteiger partial charge is 0.263 e. The third kappa shape index (κ3) is 2.74. The highest BCUT2D eigenvalue weighted by molar-refractivity contribution is 9.10. The number of rotatable bonds is 3. The molecule has 19 heavy (non-hydrogen) atoms. The Kier molecular flexibility index (Phi) is 3.55. The van der Waals surface area contributed by atoms with Gasteiger partial charge < -0.3 is 5.73 Å². The maximum absolute atomic E-state index is 12.3. The van der Waals surface area contributed by atoms with Crippen molar-refractivity contribution in [3.8, 4) is 0 Å². The quantitative estimate of drug-likeness (QED) is 0.742. The lowest BCUT2D eigenvalue weighted by molar-refractivity contribution is 0.600. The molecule has 2 rings (SSSR count). The number of sulfonamides is 1. The van der Waals surface area contributed by atoms with E-state index in [0.29, 0.717) is 27.2 Å². The molecule has 1 heterocycles. The van der Waals surface area contributed by atoms with Gasteiger partial charge >= 0.3 is 0 Å². The summed E-state index contributed by atoms with van der Waals surface area (Å²) in [4.78, 5) is 0.0903. The van der Waals surface area contributed by atoms with Crippen molar-refractivity contribution in [1.29, 1.82) is 0 Å². The van der Waals surface area contributed by atoms with Gasteiger partial charge in [0.1, 0.15) is 4.90 Å². The number of aromatic amines is 1. The largest absolute Gasteiger partial charge is 0.399 e. The number of nitrogens with one attached hydrogen (secondary N) is 2. The second-order valence-electron chi connectivity index (χ2n) is 4.10. The summed E-state index contributed by atoms with van der Waals surface area (Å²) in [7, 11) is -3.72. The molecule has 0 fully saturated rings. The lowest BCUT2D eigenvalue weighted by atomic mass is 10.3. The molecule has 0 amide bonds. The summed E-state index contributed by atoms with van der Waals surface area (Å²) in [5.41, 5.74) is 7.70. The molecule has 4 N–H and O–H groups in total.